The summed E-state index contributed by atoms with van der Waals surface area (Å²) in [5, 5.41) is 13.7. The predicted octanol–water partition coefficient (Wildman–Crippen LogP) is 3.30. The van der Waals surface area contributed by atoms with Gasteiger partial charge in [-0.05, 0) is 58.9 Å². The number of aliphatic carboxylic acids is 1. The smallest absolute Gasteiger partial charge is 0.306 e. The summed E-state index contributed by atoms with van der Waals surface area (Å²) in [6.45, 7) is 7.27. The first kappa shape index (κ1) is 15.4. The number of rotatable bonds is 5. The Bertz CT molecular complexity index is 464. The maximum Gasteiger partial charge on any atom is 0.306 e. The fraction of sp³-hybridized carbons (Fsp3) is 0.733. The molecule has 20 heavy (non-hydrogen) atoms. The van der Waals surface area contributed by atoms with Crippen molar-refractivity contribution >= 4 is 17.3 Å². The van der Waals surface area contributed by atoms with Crippen LogP contribution in [0, 0.1) is 25.7 Å². The van der Waals surface area contributed by atoms with E-state index in [9.17, 15) is 4.79 Å². The number of carboxylic acid groups (broad SMARTS) is 1. The quantitative estimate of drug-likeness (QED) is 0.875. The summed E-state index contributed by atoms with van der Waals surface area (Å²) in [5.74, 6) is -0.127. The van der Waals surface area contributed by atoms with Crippen LogP contribution in [-0.2, 0) is 4.79 Å². The summed E-state index contributed by atoms with van der Waals surface area (Å²) in [7, 11) is 0. The molecule has 0 saturated heterocycles. The van der Waals surface area contributed by atoms with Crippen LogP contribution in [0.4, 0.5) is 0 Å². The molecular weight excluding hydrogens is 272 g/mol. The van der Waals surface area contributed by atoms with Crippen LogP contribution in [0.15, 0.2) is 0 Å². The van der Waals surface area contributed by atoms with E-state index in [4.69, 9.17) is 5.11 Å². The van der Waals surface area contributed by atoms with E-state index in [1.165, 1.54) is 4.88 Å². The van der Waals surface area contributed by atoms with E-state index in [1.54, 1.807) is 11.3 Å². The van der Waals surface area contributed by atoms with E-state index in [1.807, 2.05) is 6.92 Å². The molecule has 4 nitrogen and oxygen atoms in total. The first-order valence-corrected chi connectivity index (χ1v) is 8.19. The van der Waals surface area contributed by atoms with Gasteiger partial charge in [0.1, 0.15) is 0 Å². The van der Waals surface area contributed by atoms with Crippen molar-refractivity contribution in [3.63, 3.8) is 0 Å². The van der Waals surface area contributed by atoms with Gasteiger partial charge in [-0.1, -0.05) is 0 Å². The van der Waals surface area contributed by atoms with Crippen molar-refractivity contribution in [3.8, 4) is 0 Å². The van der Waals surface area contributed by atoms with Crippen molar-refractivity contribution in [1.82, 2.24) is 10.3 Å². The van der Waals surface area contributed by atoms with Crippen LogP contribution in [0.25, 0.3) is 0 Å². The number of nitrogens with one attached hydrogen (secondary N) is 1. The Hall–Kier alpha value is -0.940. The molecular formula is C15H24N2O2S. The fourth-order valence-corrected chi connectivity index (χ4v) is 3.95. The van der Waals surface area contributed by atoms with E-state index in [-0.39, 0.29) is 5.92 Å². The molecule has 1 heterocycles. The van der Waals surface area contributed by atoms with Crippen molar-refractivity contribution in [2.24, 2.45) is 11.8 Å². The van der Waals surface area contributed by atoms with E-state index >= 15 is 0 Å². The summed E-state index contributed by atoms with van der Waals surface area (Å²) < 4.78 is 0. The SMILES string of the molecule is Cc1nc(C)c(C(C)NCC2CCC(C(=O)O)CC2)s1. The normalized spacial score (nSPS) is 24.6. The molecule has 0 radical (unpaired) electrons. The largest absolute Gasteiger partial charge is 0.481 e. The zero-order valence-electron chi connectivity index (χ0n) is 12.5. The fourth-order valence-electron chi connectivity index (χ4n) is 3.00. The average Bonchev–Trinajstić information content (AvgIpc) is 2.75. The molecule has 1 saturated carbocycles. The number of nitrogens with zero attached hydrogens (tertiary/aromatic N) is 1. The molecule has 1 atom stereocenters. The van der Waals surface area contributed by atoms with Gasteiger partial charge in [0.2, 0.25) is 0 Å². The van der Waals surface area contributed by atoms with Crippen LogP contribution in [0.1, 0.15) is 54.2 Å². The van der Waals surface area contributed by atoms with Crippen molar-refractivity contribution in [2.45, 2.75) is 52.5 Å². The lowest BCUT2D eigenvalue weighted by atomic mass is 9.82. The molecule has 112 valence electrons. The molecule has 0 aromatic carbocycles. The van der Waals surface area contributed by atoms with Crippen molar-refractivity contribution in [1.29, 1.82) is 0 Å². The number of carboxylic acids is 1. The number of thiazole rings is 1. The first-order valence-electron chi connectivity index (χ1n) is 7.37. The summed E-state index contributed by atoms with van der Waals surface area (Å²) in [4.78, 5) is 16.7. The molecule has 2 rings (SSSR count). The lowest BCUT2D eigenvalue weighted by Crippen LogP contribution is -2.30. The lowest BCUT2D eigenvalue weighted by Gasteiger charge is -2.27. The molecule has 2 N–H and O–H groups in total. The molecule has 1 aliphatic carbocycles. The minimum atomic E-state index is -0.625. The lowest BCUT2D eigenvalue weighted by molar-refractivity contribution is -0.143. The third-order valence-electron chi connectivity index (χ3n) is 4.24. The number of aryl methyl sites for hydroxylation is 2. The van der Waals surface area contributed by atoms with Gasteiger partial charge in [0, 0.05) is 10.9 Å². The van der Waals surface area contributed by atoms with E-state index in [0.717, 1.165) is 42.9 Å². The van der Waals surface area contributed by atoms with E-state index in [0.29, 0.717) is 12.0 Å². The third kappa shape index (κ3) is 3.79. The topological polar surface area (TPSA) is 62.2 Å². The predicted molar refractivity (Wildman–Crippen MR) is 81.1 cm³/mol. The van der Waals surface area contributed by atoms with Crippen LogP contribution in [0.2, 0.25) is 0 Å². The van der Waals surface area contributed by atoms with Crippen LogP contribution in [0.5, 0.6) is 0 Å². The van der Waals surface area contributed by atoms with Gasteiger partial charge < -0.3 is 10.4 Å². The number of carbonyl (C=O) groups is 1. The minimum absolute atomic E-state index is 0.116. The molecule has 1 aliphatic rings. The number of hydrogen-bond acceptors (Lipinski definition) is 4. The highest BCUT2D eigenvalue weighted by molar-refractivity contribution is 7.11. The van der Waals surface area contributed by atoms with E-state index in [2.05, 4.69) is 24.1 Å². The highest BCUT2D eigenvalue weighted by Gasteiger charge is 2.26. The van der Waals surface area contributed by atoms with Gasteiger partial charge in [0.25, 0.3) is 0 Å². The standard InChI is InChI=1S/C15H24N2O2S/c1-9(14-10(2)17-11(3)20-14)16-8-12-4-6-13(7-5-12)15(18)19/h9,12-13,16H,4-8H2,1-3H3,(H,18,19). The molecule has 1 aromatic rings. The molecule has 0 aliphatic heterocycles. The van der Waals surface area contributed by atoms with Gasteiger partial charge in [0.15, 0.2) is 0 Å². The molecule has 1 fully saturated rings. The Labute approximate surface area is 124 Å². The second-order valence-electron chi connectivity index (χ2n) is 5.87. The Morgan fingerprint density at radius 1 is 1.40 bits per heavy atom. The summed E-state index contributed by atoms with van der Waals surface area (Å²) in [6, 6.07) is 0.332. The summed E-state index contributed by atoms with van der Waals surface area (Å²) in [5.41, 5.74) is 1.13. The Morgan fingerprint density at radius 2 is 2.05 bits per heavy atom. The highest BCUT2D eigenvalue weighted by atomic mass is 32.1. The molecule has 0 spiro atoms. The minimum Gasteiger partial charge on any atom is -0.481 e. The van der Waals surface area contributed by atoms with Crippen LogP contribution >= 0.6 is 11.3 Å². The van der Waals surface area contributed by atoms with Gasteiger partial charge in [0.05, 0.1) is 16.6 Å². The molecule has 0 bridgehead atoms. The molecule has 1 unspecified atom stereocenters. The second-order valence-corrected chi connectivity index (χ2v) is 7.10. The molecule has 5 heteroatoms. The third-order valence-corrected chi connectivity index (χ3v) is 5.50. The first-order chi connectivity index (χ1) is 9.47. The van der Waals surface area contributed by atoms with Gasteiger partial charge in [-0.2, -0.15) is 0 Å². The van der Waals surface area contributed by atoms with Crippen LogP contribution in [0.3, 0.4) is 0 Å². The Morgan fingerprint density at radius 3 is 2.55 bits per heavy atom. The van der Waals surface area contributed by atoms with Gasteiger partial charge in [-0.15, -0.1) is 11.3 Å². The monoisotopic (exact) mass is 296 g/mol. The Kier molecular flexibility index (Phi) is 5.16. The van der Waals surface area contributed by atoms with Crippen molar-refractivity contribution in [3.05, 3.63) is 15.6 Å². The van der Waals surface area contributed by atoms with Crippen molar-refractivity contribution in [2.75, 3.05) is 6.54 Å². The van der Waals surface area contributed by atoms with Gasteiger partial charge >= 0.3 is 5.97 Å². The maximum atomic E-state index is 10.9. The van der Waals surface area contributed by atoms with Gasteiger partial charge in [-0.25, -0.2) is 4.98 Å². The van der Waals surface area contributed by atoms with Gasteiger partial charge in [-0.3, -0.25) is 4.79 Å². The van der Waals surface area contributed by atoms with E-state index < -0.39 is 5.97 Å². The average molecular weight is 296 g/mol. The summed E-state index contributed by atoms with van der Waals surface area (Å²) in [6.07, 6.45) is 3.71. The Balaban J connectivity index is 1.79. The van der Waals surface area contributed by atoms with Crippen LogP contribution < -0.4 is 5.32 Å². The second kappa shape index (κ2) is 6.68. The number of hydrogen-bond donors (Lipinski definition) is 2. The highest BCUT2D eigenvalue weighted by Crippen LogP contribution is 2.30. The van der Waals surface area contributed by atoms with Crippen LogP contribution in [-0.4, -0.2) is 22.6 Å². The number of aromatic nitrogens is 1. The van der Waals surface area contributed by atoms with Crippen molar-refractivity contribution < 1.29 is 9.90 Å². The molecule has 0 amide bonds. The zero-order valence-corrected chi connectivity index (χ0v) is 13.3. The molecule has 1 aromatic heterocycles. The summed E-state index contributed by atoms with van der Waals surface area (Å²) >= 11 is 1.76. The maximum absolute atomic E-state index is 10.9. The zero-order chi connectivity index (χ0) is 14.7.